The lowest BCUT2D eigenvalue weighted by Gasteiger charge is -2.35. The Morgan fingerprint density at radius 3 is 2.67 bits per heavy atom. The number of carbonyl (C=O) groups is 1. The topological polar surface area (TPSA) is 55.3 Å². The molecule has 6 heteroatoms. The maximum absolute atomic E-state index is 13.1. The summed E-state index contributed by atoms with van der Waals surface area (Å²) < 4.78 is 18.4. The molecule has 1 fully saturated rings. The third-order valence-electron chi connectivity index (χ3n) is 3.60. The molecule has 3 heterocycles. The van der Waals surface area contributed by atoms with Crippen LogP contribution in [-0.4, -0.2) is 28.2 Å². The molecule has 0 saturated carbocycles. The number of cyclic esters (lactones) is 1. The molecule has 122 valence electrons. The van der Waals surface area contributed by atoms with E-state index in [0.717, 1.165) is 12.6 Å². The molecule has 0 N–H and O–H groups in total. The van der Waals surface area contributed by atoms with Crippen molar-refractivity contribution >= 4 is 11.9 Å². The monoisotopic (exact) mass is 325 g/mol. The highest BCUT2D eigenvalue weighted by Gasteiger charge is 2.33. The minimum absolute atomic E-state index is 0.400. The number of anilines is 1. The fourth-order valence-electron chi connectivity index (χ4n) is 2.27. The van der Waals surface area contributed by atoms with Crippen molar-refractivity contribution in [3.05, 3.63) is 53.7 Å². The number of carbonyl (C=O) groups excluding carboxylic acids is 1. The van der Waals surface area contributed by atoms with E-state index in [9.17, 15) is 9.18 Å². The SMILES string of the molecule is CC1(C)CCN(c2ccc(C#Cc3cncc(F)c3)cn2)C(=O)O1. The zero-order valence-corrected chi connectivity index (χ0v) is 13.4. The van der Waals surface area contributed by atoms with Gasteiger partial charge >= 0.3 is 6.09 Å². The van der Waals surface area contributed by atoms with Crippen molar-refractivity contribution in [1.29, 1.82) is 0 Å². The summed E-state index contributed by atoms with van der Waals surface area (Å²) in [4.78, 5) is 21.5. The molecule has 2 aromatic heterocycles. The predicted molar refractivity (Wildman–Crippen MR) is 86.9 cm³/mol. The minimum atomic E-state index is -0.446. The first kappa shape index (κ1) is 15.9. The Morgan fingerprint density at radius 2 is 2.00 bits per heavy atom. The van der Waals surface area contributed by atoms with Gasteiger partial charge in [0.15, 0.2) is 0 Å². The molecule has 3 rings (SSSR count). The molecule has 0 bridgehead atoms. The van der Waals surface area contributed by atoms with Crippen LogP contribution in [-0.2, 0) is 4.74 Å². The van der Waals surface area contributed by atoms with Crippen molar-refractivity contribution in [1.82, 2.24) is 9.97 Å². The van der Waals surface area contributed by atoms with Crippen LogP contribution in [0.5, 0.6) is 0 Å². The van der Waals surface area contributed by atoms with Crippen molar-refractivity contribution in [2.45, 2.75) is 25.9 Å². The van der Waals surface area contributed by atoms with Gasteiger partial charge in [-0.15, -0.1) is 0 Å². The highest BCUT2D eigenvalue weighted by molar-refractivity contribution is 5.87. The van der Waals surface area contributed by atoms with E-state index in [1.165, 1.54) is 17.2 Å². The average molecular weight is 325 g/mol. The Balaban J connectivity index is 1.74. The molecule has 0 atom stereocenters. The number of aromatic nitrogens is 2. The number of amides is 1. The molecule has 1 aliphatic rings. The molecule has 0 aromatic carbocycles. The summed E-state index contributed by atoms with van der Waals surface area (Å²) in [5.41, 5.74) is 0.701. The van der Waals surface area contributed by atoms with Crippen LogP contribution in [0.2, 0.25) is 0 Å². The van der Waals surface area contributed by atoms with Gasteiger partial charge in [0.05, 0.1) is 6.20 Å². The van der Waals surface area contributed by atoms with Crippen LogP contribution in [0.25, 0.3) is 0 Å². The summed E-state index contributed by atoms with van der Waals surface area (Å²) >= 11 is 0. The Bertz CT molecular complexity index is 822. The van der Waals surface area contributed by atoms with Crippen LogP contribution in [0.4, 0.5) is 15.0 Å². The zero-order chi connectivity index (χ0) is 17.2. The molecule has 5 nitrogen and oxygen atoms in total. The summed E-state index contributed by atoms with van der Waals surface area (Å²) in [5.74, 6) is 5.80. The fourth-order valence-corrected chi connectivity index (χ4v) is 2.27. The largest absolute Gasteiger partial charge is 0.443 e. The van der Waals surface area contributed by atoms with Gasteiger partial charge in [-0.3, -0.25) is 9.88 Å². The van der Waals surface area contributed by atoms with Crippen LogP contribution in [0.3, 0.4) is 0 Å². The molecule has 0 unspecified atom stereocenters. The second kappa shape index (κ2) is 6.28. The number of halogens is 1. The maximum Gasteiger partial charge on any atom is 0.416 e. The summed E-state index contributed by atoms with van der Waals surface area (Å²) in [6, 6.07) is 4.79. The summed E-state index contributed by atoms with van der Waals surface area (Å²) in [6.45, 7) is 4.32. The van der Waals surface area contributed by atoms with Gasteiger partial charge in [-0.2, -0.15) is 0 Å². The maximum atomic E-state index is 13.1. The van der Waals surface area contributed by atoms with Crippen LogP contribution in [0, 0.1) is 17.7 Å². The van der Waals surface area contributed by atoms with E-state index in [1.54, 1.807) is 18.3 Å². The molecule has 1 amide bonds. The number of hydrogen-bond donors (Lipinski definition) is 0. The van der Waals surface area contributed by atoms with E-state index in [4.69, 9.17) is 4.74 Å². The Morgan fingerprint density at radius 1 is 1.21 bits per heavy atom. The van der Waals surface area contributed by atoms with Crippen LogP contribution in [0.15, 0.2) is 36.8 Å². The van der Waals surface area contributed by atoms with E-state index >= 15 is 0 Å². The number of ether oxygens (including phenoxy) is 1. The van der Waals surface area contributed by atoms with Gasteiger partial charge in [-0.05, 0) is 32.0 Å². The normalized spacial score (nSPS) is 16.1. The second-order valence-electron chi connectivity index (χ2n) is 6.08. The number of pyridine rings is 2. The van der Waals surface area contributed by atoms with Crippen molar-refractivity contribution in [2.24, 2.45) is 0 Å². The zero-order valence-electron chi connectivity index (χ0n) is 13.4. The molecule has 2 aromatic rings. The van der Waals surface area contributed by atoms with Crippen molar-refractivity contribution in [3.63, 3.8) is 0 Å². The fraction of sp³-hybridized carbons (Fsp3) is 0.278. The van der Waals surface area contributed by atoms with E-state index < -0.39 is 17.5 Å². The van der Waals surface area contributed by atoms with Gasteiger partial charge in [0, 0.05) is 36.5 Å². The molecule has 0 spiro atoms. The van der Waals surface area contributed by atoms with E-state index in [1.807, 2.05) is 13.8 Å². The highest BCUT2D eigenvalue weighted by atomic mass is 19.1. The van der Waals surface area contributed by atoms with Gasteiger partial charge in [0.25, 0.3) is 0 Å². The lowest BCUT2D eigenvalue weighted by molar-refractivity contribution is 0.0234. The summed E-state index contributed by atoms with van der Waals surface area (Å²) in [6.07, 6.45) is 4.52. The number of nitrogens with zero attached hydrogens (tertiary/aromatic N) is 3. The molecule has 0 radical (unpaired) electrons. The highest BCUT2D eigenvalue weighted by Crippen LogP contribution is 2.25. The lowest BCUT2D eigenvalue weighted by atomic mass is 10.0. The first-order valence-corrected chi connectivity index (χ1v) is 7.52. The first-order valence-electron chi connectivity index (χ1n) is 7.52. The third kappa shape index (κ3) is 3.69. The van der Waals surface area contributed by atoms with E-state index in [0.29, 0.717) is 23.5 Å². The average Bonchev–Trinajstić information content (AvgIpc) is 2.53. The number of hydrogen-bond acceptors (Lipinski definition) is 4. The van der Waals surface area contributed by atoms with Gasteiger partial charge in [0.2, 0.25) is 0 Å². The van der Waals surface area contributed by atoms with Crippen LogP contribution < -0.4 is 4.90 Å². The number of rotatable bonds is 1. The lowest BCUT2D eigenvalue weighted by Crippen LogP contribution is -2.47. The molecule has 0 aliphatic carbocycles. The second-order valence-corrected chi connectivity index (χ2v) is 6.08. The van der Waals surface area contributed by atoms with Gasteiger partial charge in [-0.25, -0.2) is 14.2 Å². The Labute approximate surface area is 139 Å². The standard InChI is InChI=1S/C18H16FN3O2/c1-18(2)7-8-22(17(23)24-18)16-6-5-13(11-21-16)3-4-14-9-15(19)12-20-10-14/h5-6,9-12H,7-8H2,1-2H3. The quantitative estimate of drug-likeness (QED) is 0.756. The van der Waals surface area contributed by atoms with E-state index in [2.05, 4.69) is 21.8 Å². The summed E-state index contributed by atoms with van der Waals surface area (Å²) in [7, 11) is 0. The van der Waals surface area contributed by atoms with Gasteiger partial charge in [0.1, 0.15) is 17.2 Å². The van der Waals surface area contributed by atoms with Crippen molar-refractivity contribution < 1.29 is 13.9 Å². The molecule has 24 heavy (non-hydrogen) atoms. The molecular formula is C18H16FN3O2. The summed E-state index contributed by atoms with van der Waals surface area (Å²) in [5, 5.41) is 0. The van der Waals surface area contributed by atoms with Crippen LogP contribution in [0.1, 0.15) is 31.4 Å². The minimum Gasteiger partial charge on any atom is -0.443 e. The molecule has 1 saturated heterocycles. The smallest absolute Gasteiger partial charge is 0.416 e. The van der Waals surface area contributed by atoms with Gasteiger partial charge < -0.3 is 4.74 Å². The third-order valence-corrected chi connectivity index (χ3v) is 3.60. The predicted octanol–water partition coefficient (Wildman–Crippen LogP) is 3.14. The Kier molecular flexibility index (Phi) is 4.17. The molecule has 1 aliphatic heterocycles. The van der Waals surface area contributed by atoms with E-state index in [-0.39, 0.29) is 0 Å². The molecular weight excluding hydrogens is 309 g/mol. The Hall–Kier alpha value is -2.94. The van der Waals surface area contributed by atoms with Crippen molar-refractivity contribution in [2.75, 3.05) is 11.4 Å². The van der Waals surface area contributed by atoms with Crippen LogP contribution >= 0.6 is 0 Å². The van der Waals surface area contributed by atoms with Gasteiger partial charge in [-0.1, -0.05) is 11.8 Å². The van der Waals surface area contributed by atoms with Crippen molar-refractivity contribution in [3.8, 4) is 11.8 Å². The first-order chi connectivity index (χ1) is 11.4.